The van der Waals surface area contributed by atoms with E-state index in [0.717, 1.165) is 35.4 Å². The summed E-state index contributed by atoms with van der Waals surface area (Å²) in [7, 11) is 0. The van der Waals surface area contributed by atoms with Gasteiger partial charge in [-0.3, -0.25) is 0 Å². The number of rotatable bonds is 12. The van der Waals surface area contributed by atoms with Crippen LogP contribution in [0.4, 0.5) is 0 Å². The number of aromatic nitrogens is 3. The van der Waals surface area contributed by atoms with E-state index >= 15 is 0 Å². The third-order valence-corrected chi connectivity index (χ3v) is 5.20. The van der Waals surface area contributed by atoms with Gasteiger partial charge in [-0.2, -0.15) is 0 Å². The lowest BCUT2D eigenvalue weighted by molar-refractivity contribution is -0.152. The van der Waals surface area contributed by atoms with Gasteiger partial charge in [0.25, 0.3) is 0 Å². The van der Waals surface area contributed by atoms with Gasteiger partial charge in [-0.1, -0.05) is 44.7 Å². The van der Waals surface area contributed by atoms with Crippen LogP contribution in [0, 0.1) is 5.92 Å². The number of aliphatic hydroxyl groups excluding tert-OH is 1. The summed E-state index contributed by atoms with van der Waals surface area (Å²) in [4.78, 5) is 11.3. The summed E-state index contributed by atoms with van der Waals surface area (Å²) in [6.45, 7) is 9.26. The average molecular weight is 422 g/mol. The van der Waals surface area contributed by atoms with Crippen LogP contribution < -0.4 is 4.74 Å². The molecule has 0 bridgehead atoms. The second kappa shape index (κ2) is 11.8. The lowest BCUT2D eigenvalue weighted by Gasteiger charge is -2.13. The maximum absolute atomic E-state index is 11.3. The van der Waals surface area contributed by atoms with Crippen LogP contribution in [0.25, 0.3) is 0 Å². The molecule has 0 aliphatic carbocycles. The van der Waals surface area contributed by atoms with Crippen molar-refractivity contribution < 1.29 is 19.4 Å². The second-order valence-electron chi connectivity index (χ2n) is 7.23. The Hall–Kier alpha value is -2.06. The van der Waals surface area contributed by atoms with Crippen molar-refractivity contribution in [3.05, 3.63) is 35.7 Å². The van der Waals surface area contributed by atoms with Crippen LogP contribution in [0.1, 0.15) is 45.5 Å². The van der Waals surface area contributed by atoms with Crippen LogP contribution in [0.15, 0.2) is 29.4 Å². The number of carbonyl (C=O) groups excluding carboxylic acids is 1. The van der Waals surface area contributed by atoms with Gasteiger partial charge in [0.05, 0.1) is 6.61 Å². The summed E-state index contributed by atoms with van der Waals surface area (Å²) in [5.41, 5.74) is 1.28. The van der Waals surface area contributed by atoms with Crippen molar-refractivity contribution in [1.82, 2.24) is 14.8 Å². The molecule has 7 nitrogen and oxygen atoms in total. The first-order valence-electron chi connectivity index (χ1n) is 10.0. The molecule has 0 spiro atoms. The molecule has 1 aromatic carbocycles. The van der Waals surface area contributed by atoms with E-state index in [-0.39, 0.29) is 6.61 Å². The van der Waals surface area contributed by atoms with Gasteiger partial charge in [-0.05, 0) is 43.4 Å². The van der Waals surface area contributed by atoms with Crippen LogP contribution in [0.5, 0.6) is 5.75 Å². The molecular weight excluding hydrogens is 390 g/mol. The van der Waals surface area contributed by atoms with Gasteiger partial charge in [-0.25, -0.2) is 4.79 Å². The van der Waals surface area contributed by atoms with E-state index in [0.29, 0.717) is 18.9 Å². The first-order chi connectivity index (χ1) is 13.9. The Kier molecular flexibility index (Phi) is 9.47. The summed E-state index contributed by atoms with van der Waals surface area (Å²) < 4.78 is 13.0. The van der Waals surface area contributed by atoms with E-state index in [2.05, 4.69) is 47.7 Å². The highest BCUT2D eigenvalue weighted by molar-refractivity contribution is 7.99. The van der Waals surface area contributed by atoms with E-state index < -0.39 is 12.1 Å². The second-order valence-corrected chi connectivity index (χ2v) is 8.30. The van der Waals surface area contributed by atoms with Crippen LogP contribution in [-0.2, 0) is 29.1 Å². The van der Waals surface area contributed by atoms with Crippen molar-refractivity contribution >= 4 is 17.7 Å². The maximum Gasteiger partial charge on any atom is 0.334 e. The molecule has 0 aliphatic rings. The summed E-state index contributed by atoms with van der Waals surface area (Å²) in [5, 5.41) is 18.6. The van der Waals surface area contributed by atoms with Gasteiger partial charge >= 0.3 is 5.97 Å². The number of esters is 1. The molecule has 1 atom stereocenters. The van der Waals surface area contributed by atoms with Gasteiger partial charge in [0.1, 0.15) is 18.5 Å². The summed E-state index contributed by atoms with van der Waals surface area (Å²) in [5.74, 6) is 2.20. The highest BCUT2D eigenvalue weighted by Gasteiger charge is 2.15. The topological polar surface area (TPSA) is 86.5 Å². The Bertz CT molecular complexity index is 760. The first kappa shape index (κ1) is 23.2. The van der Waals surface area contributed by atoms with Crippen LogP contribution >= 0.6 is 11.8 Å². The van der Waals surface area contributed by atoms with Crippen molar-refractivity contribution in [2.24, 2.45) is 5.92 Å². The first-order valence-corrected chi connectivity index (χ1v) is 11.0. The molecule has 160 valence electrons. The van der Waals surface area contributed by atoms with Crippen molar-refractivity contribution in [2.75, 3.05) is 12.4 Å². The highest BCUT2D eigenvalue weighted by atomic mass is 32.2. The van der Waals surface area contributed by atoms with E-state index in [1.165, 1.54) is 12.5 Å². The molecule has 1 aromatic heterocycles. The molecule has 0 aliphatic heterocycles. The largest absolute Gasteiger partial charge is 0.486 e. The molecule has 29 heavy (non-hydrogen) atoms. The molecule has 0 radical (unpaired) electrons. The van der Waals surface area contributed by atoms with E-state index in [1.807, 2.05) is 12.1 Å². The Morgan fingerprint density at radius 1 is 1.21 bits per heavy atom. The number of carbonyl (C=O) groups is 1. The van der Waals surface area contributed by atoms with Crippen molar-refractivity contribution in [1.29, 1.82) is 0 Å². The Morgan fingerprint density at radius 2 is 1.93 bits per heavy atom. The number of hydrogen-bond donors (Lipinski definition) is 1. The van der Waals surface area contributed by atoms with E-state index in [9.17, 15) is 4.79 Å². The minimum atomic E-state index is -1.09. The third-order valence-electron chi connectivity index (χ3n) is 4.15. The zero-order chi connectivity index (χ0) is 21.2. The zero-order valence-electron chi connectivity index (χ0n) is 17.6. The smallest absolute Gasteiger partial charge is 0.334 e. The fraction of sp³-hybridized carbons (Fsp3) is 0.571. The fourth-order valence-corrected chi connectivity index (χ4v) is 3.45. The minimum Gasteiger partial charge on any atom is -0.486 e. The van der Waals surface area contributed by atoms with Crippen molar-refractivity contribution in [2.45, 2.75) is 64.9 Å². The number of thioether (sulfide) groups is 1. The summed E-state index contributed by atoms with van der Waals surface area (Å²) >= 11 is 1.58. The summed E-state index contributed by atoms with van der Waals surface area (Å²) in [6.07, 6.45) is 0.590. The van der Waals surface area contributed by atoms with Crippen LogP contribution in [0.3, 0.4) is 0 Å². The van der Waals surface area contributed by atoms with Crippen molar-refractivity contribution in [3.8, 4) is 5.75 Å². The monoisotopic (exact) mass is 421 g/mol. The molecule has 8 heteroatoms. The summed E-state index contributed by atoms with van der Waals surface area (Å²) in [6, 6.07) is 8.10. The Morgan fingerprint density at radius 3 is 2.55 bits per heavy atom. The molecule has 1 unspecified atom stereocenters. The number of benzene rings is 1. The SMILES string of the molecule is CCc1ccc(OCc2nnc(SCCCOC(=O)C(C)O)n2CC(C)C)cc1. The number of aliphatic hydroxyl groups is 1. The molecular formula is C21H31N3O4S. The molecule has 0 amide bonds. The molecule has 2 rings (SSSR count). The lowest BCUT2D eigenvalue weighted by atomic mass is 10.2. The molecule has 1 heterocycles. The average Bonchev–Trinajstić information content (AvgIpc) is 3.07. The predicted molar refractivity (Wildman–Crippen MR) is 113 cm³/mol. The number of hydrogen-bond acceptors (Lipinski definition) is 7. The lowest BCUT2D eigenvalue weighted by Crippen LogP contribution is -2.19. The van der Waals surface area contributed by atoms with Gasteiger partial charge in [0, 0.05) is 12.3 Å². The van der Waals surface area contributed by atoms with Gasteiger partial charge in [0.2, 0.25) is 0 Å². The number of aryl methyl sites for hydroxylation is 1. The van der Waals surface area contributed by atoms with Gasteiger partial charge in [-0.15, -0.1) is 10.2 Å². The zero-order valence-corrected chi connectivity index (χ0v) is 18.4. The van der Waals surface area contributed by atoms with Crippen molar-refractivity contribution in [3.63, 3.8) is 0 Å². The van der Waals surface area contributed by atoms with Gasteiger partial charge in [0.15, 0.2) is 11.0 Å². The molecule has 0 saturated carbocycles. The minimum absolute atomic E-state index is 0.277. The Labute approximate surface area is 176 Å². The number of nitrogens with zero attached hydrogens (tertiary/aromatic N) is 3. The number of ether oxygens (including phenoxy) is 2. The molecule has 1 N–H and O–H groups in total. The van der Waals surface area contributed by atoms with E-state index in [1.54, 1.807) is 11.8 Å². The molecule has 0 saturated heterocycles. The predicted octanol–water partition coefficient (Wildman–Crippen LogP) is 3.48. The van der Waals surface area contributed by atoms with Crippen LogP contribution in [0.2, 0.25) is 0 Å². The normalized spacial score (nSPS) is 12.2. The van der Waals surface area contributed by atoms with Crippen LogP contribution in [-0.4, -0.2) is 44.3 Å². The highest BCUT2D eigenvalue weighted by Crippen LogP contribution is 2.21. The van der Waals surface area contributed by atoms with Gasteiger partial charge < -0.3 is 19.1 Å². The molecule has 2 aromatic rings. The van der Waals surface area contributed by atoms with E-state index in [4.69, 9.17) is 14.6 Å². The quantitative estimate of drug-likeness (QED) is 0.319. The standard InChI is InChI=1S/C21H31N3O4S/c1-5-17-7-9-18(10-8-17)28-14-19-22-23-21(24(19)13-15(2)3)29-12-6-11-27-20(26)16(4)25/h7-10,15-16,25H,5-6,11-14H2,1-4H3. The third kappa shape index (κ3) is 7.70. The molecule has 0 fully saturated rings. The Balaban J connectivity index is 1.91. The fourth-order valence-electron chi connectivity index (χ4n) is 2.57. The maximum atomic E-state index is 11.3.